The van der Waals surface area contributed by atoms with E-state index >= 15 is 0 Å². The molecule has 0 fully saturated rings. The summed E-state index contributed by atoms with van der Waals surface area (Å²) in [4.78, 5) is 12.3. The average Bonchev–Trinajstić information content (AvgIpc) is 3.07. The van der Waals surface area contributed by atoms with Crippen LogP contribution in [0.5, 0.6) is 5.75 Å². The summed E-state index contributed by atoms with van der Waals surface area (Å²) in [5, 5.41) is 7.56. The lowest BCUT2D eigenvalue weighted by Crippen LogP contribution is -2.30. The SMILES string of the molecule is Cc1ccc(Cl)c(OC(C)C(=O)Nc2ccn(-c3ccccc3)n2)c1. The molecule has 0 aliphatic heterocycles. The van der Waals surface area contributed by atoms with E-state index in [4.69, 9.17) is 16.3 Å². The molecule has 0 bridgehead atoms. The van der Waals surface area contributed by atoms with Crippen molar-refractivity contribution in [1.29, 1.82) is 0 Å². The Labute approximate surface area is 151 Å². The lowest BCUT2D eigenvalue weighted by molar-refractivity contribution is -0.122. The molecule has 0 aliphatic carbocycles. The van der Waals surface area contributed by atoms with Crippen LogP contribution in [0.1, 0.15) is 12.5 Å². The molecule has 1 heterocycles. The molecule has 1 amide bonds. The Bertz CT molecular complexity index is 877. The molecule has 0 spiro atoms. The van der Waals surface area contributed by atoms with E-state index in [9.17, 15) is 4.79 Å². The number of hydrogen-bond donors (Lipinski definition) is 1. The standard InChI is InChI=1S/C19H18ClN3O2/c1-13-8-9-16(20)17(12-13)25-14(2)19(24)21-18-10-11-23(22-18)15-6-4-3-5-7-15/h3-12,14H,1-2H3,(H,21,22,24). The predicted molar refractivity (Wildman–Crippen MR) is 98.5 cm³/mol. The van der Waals surface area contributed by atoms with Crippen LogP contribution in [0, 0.1) is 6.92 Å². The fraction of sp³-hybridized carbons (Fsp3) is 0.158. The number of carbonyl (C=O) groups is 1. The smallest absolute Gasteiger partial charge is 0.266 e. The molecule has 3 aromatic rings. The topological polar surface area (TPSA) is 56.1 Å². The molecule has 1 atom stereocenters. The van der Waals surface area contributed by atoms with E-state index in [0.717, 1.165) is 11.3 Å². The highest BCUT2D eigenvalue weighted by atomic mass is 35.5. The van der Waals surface area contributed by atoms with Gasteiger partial charge in [-0.15, -0.1) is 0 Å². The summed E-state index contributed by atoms with van der Waals surface area (Å²) >= 11 is 6.10. The number of rotatable bonds is 5. The third kappa shape index (κ3) is 4.19. The number of anilines is 1. The Morgan fingerprint density at radius 2 is 1.96 bits per heavy atom. The summed E-state index contributed by atoms with van der Waals surface area (Å²) in [5.74, 6) is 0.648. The Balaban J connectivity index is 1.66. The summed E-state index contributed by atoms with van der Waals surface area (Å²) < 4.78 is 7.37. The van der Waals surface area contributed by atoms with Gasteiger partial charge in [-0.2, -0.15) is 5.10 Å². The predicted octanol–water partition coefficient (Wildman–Crippen LogP) is 4.24. The molecule has 1 N–H and O–H groups in total. The molecule has 5 nitrogen and oxygen atoms in total. The van der Waals surface area contributed by atoms with Crippen molar-refractivity contribution in [3.8, 4) is 11.4 Å². The van der Waals surface area contributed by atoms with Crippen LogP contribution < -0.4 is 10.1 Å². The first-order chi connectivity index (χ1) is 12.0. The highest BCUT2D eigenvalue weighted by molar-refractivity contribution is 6.32. The number of para-hydroxylation sites is 1. The van der Waals surface area contributed by atoms with Gasteiger partial charge in [-0.1, -0.05) is 35.9 Å². The average molecular weight is 356 g/mol. The lowest BCUT2D eigenvalue weighted by atomic mass is 10.2. The van der Waals surface area contributed by atoms with Gasteiger partial charge in [0.25, 0.3) is 5.91 Å². The number of hydrogen-bond acceptors (Lipinski definition) is 3. The van der Waals surface area contributed by atoms with E-state index in [1.807, 2.05) is 43.3 Å². The van der Waals surface area contributed by atoms with Gasteiger partial charge in [-0.25, -0.2) is 4.68 Å². The van der Waals surface area contributed by atoms with Crippen LogP contribution in [-0.2, 0) is 4.79 Å². The second-order valence-electron chi connectivity index (χ2n) is 5.66. The molecule has 2 aromatic carbocycles. The van der Waals surface area contributed by atoms with Crippen molar-refractivity contribution in [2.24, 2.45) is 0 Å². The molecule has 0 radical (unpaired) electrons. The maximum atomic E-state index is 12.3. The maximum Gasteiger partial charge on any atom is 0.266 e. The van der Waals surface area contributed by atoms with Gasteiger partial charge < -0.3 is 10.1 Å². The summed E-state index contributed by atoms with van der Waals surface area (Å²) in [7, 11) is 0. The van der Waals surface area contributed by atoms with E-state index in [2.05, 4.69) is 10.4 Å². The van der Waals surface area contributed by atoms with Gasteiger partial charge in [0, 0.05) is 12.3 Å². The number of ether oxygens (including phenoxy) is 1. The maximum absolute atomic E-state index is 12.3. The van der Waals surface area contributed by atoms with Crippen molar-refractivity contribution in [3.63, 3.8) is 0 Å². The van der Waals surface area contributed by atoms with Crippen molar-refractivity contribution in [2.45, 2.75) is 20.0 Å². The number of benzene rings is 2. The number of carbonyl (C=O) groups excluding carboxylic acids is 1. The van der Waals surface area contributed by atoms with Crippen LogP contribution in [0.25, 0.3) is 5.69 Å². The molecule has 3 rings (SSSR count). The van der Waals surface area contributed by atoms with Crippen molar-refractivity contribution in [3.05, 3.63) is 71.4 Å². The van der Waals surface area contributed by atoms with E-state index in [0.29, 0.717) is 16.6 Å². The Kier molecular flexibility index (Phi) is 5.05. The molecular weight excluding hydrogens is 338 g/mol. The minimum Gasteiger partial charge on any atom is -0.479 e. The summed E-state index contributed by atoms with van der Waals surface area (Å²) in [6.45, 7) is 3.60. The van der Waals surface area contributed by atoms with Crippen LogP contribution in [0.3, 0.4) is 0 Å². The van der Waals surface area contributed by atoms with Gasteiger partial charge >= 0.3 is 0 Å². The second kappa shape index (κ2) is 7.40. The third-order valence-corrected chi connectivity index (χ3v) is 3.93. The Morgan fingerprint density at radius 3 is 2.72 bits per heavy atom. The first-order valence-electron chi connectivity index (χ1n) is 7.88. The van der Waals surface area contributed by atoms with Gasteiger partial charge in [0.05, 0.1) is 10.7 Å². The highest BCUT2D eigenvalue weighted by Crippen LogP contribution is 2.26. The number of aryl methyl sites for hydroxylation is 1. The lowest BCUT2D eigenvalue weighted by Gasteiger charge is -2.15. The second-order valence-corrected chi connectivity index (χ2v) is 6.07. The van der Waals surface area contributed by atoms with Gasteiger partial charge in [-0.05, 0) is 43.7 Å². The van der Waals surface area contributed by atoms with Gasteiger partial charge in [0.2, 0.25) is 0 Å². The molecule has 0 saturated carbocycles. The van der Waals surface area contributed by atoms with Gasteiger partial charge in [0.1, 0.15) is 5.75 Å². The Morgan fingerprint density at radius 1 is 1.20 bits per heavy atom. The van der Waals surface area contributed by atoms with Gasteiger partial charge in [-0.3, -0.25) is 4.79 Å². The summed E-state index contributed by atoms with van der Waals surface area (Å²) in [6, 6.07) is 16.8. The van der Waals surface area contributed by atoms with E-state index in [-0.39, 0.29) is 5.91 Å². The molecule has 1 unspecified atom stereocenters. The molecule has 6 heteroatoms. The van der Waals surface area contributed by atoms with Crippen LogP contribution >= 0.6 is 11.6 Å². The highest BCUT2D eigenvalue weighted by Gasteiger charge is 2.17. The van der Waals surface area contributed by atoms with Crippen molar-refractivity contribution < 1.29 is 9.53 Å². The molecule has 25 heavy (non-hydrogen) atoms. The number of amides is 1. The van der Waals surface area contributed by atoms with E-state index < -0.39 is 6.10 Å². The number of aromatic nitrogens is 2. The van der Waals surface area contributed by atoms with E-state index in [1.165, 1.54) is 0 Å². The zero-order valence-corrected chi connectivity index (χ0v) is 14.7. The molecule has 0 aliphatic rings. The number of nitrogens with zero attached hydrogens (tertiary/aromatic N) is 2. The summed E-state index contributed by atoms with van der Waals surface area (Å²) in [5.41, 5.74) is 1.92. The fourth-order valence-electron chi connectivity index (χ4n) is 2.29. The van der Waals surface area contributed by atoms with Crippen LogP contribution in [0.2, 0.25) is 5.02 Å². The van der Waals surface area contributed by atoms with Gasteiger partial charge in [0.15, 0.2) is 11.9 Å². The first-order valence-corrected chi connectivity index (χ1v) is 8.25. The number of nitrogens with one attached hydrogen (secondary N) is 1. The quantitative estimate of drug-likeness (QED) is 0.744. The normalized spacial score (nSPS) is 11.8. The first kappa shape index (κ1) is 17.0. The van der Waals surface area contributed by atoms with E-state index in [1.54, 1.807) is 36.0 Å². The van der Waals surface area contributed by atoms with Crippen LogP contribution in [0.15, 0.2) is 60.8 Å². The largest absolute Gasteiger partial charge is 0.479 e. The van der Waals surface area contributed by atoms with Crippen molar-refractivity contribution >= 4 is 23.3 Å². The number of halogens is 1. The zero-order chi connectivity index (χ0) is 17.8. The fourth-order valence-corrected chi connectivity index (χ4v) is 2.45. The van der Waals surface area contributed by atoms with Crippen LogP contribution in [0.4, 0.5) is 5.82 Å². The third-order valence-electron chi connectivity index (χ3n) is 3.62. The van der Waals surface area contributed by atoms with Crippen molar-refractivity contribution in [2.75, 3.05) is 5.32 Å². The van der Waals surface area contributed by atoms with Crippen LogP contribution in [-0.4, -0.2) is 21.8 Å². The van der Waals surface area contributed by atoms with Crippen molar-refractivity contribution in [1.82, 2.24) is 9.78 Å². The molecule has 128 valence electrons. The molecule has 0 saturated heterocycles. The molecule has 1 aromatic heterocycles. The summed E-state index contributed by atoms with van der Waals surface area (Å²) in [6.07, 6.45) is 1.08. The minimum atomic E-state index is -0.707. The monoisotopic (exact) mass is 355 g/mol. The minimum absolute atomic E-state index is 0.295. The molecular formula is C19H18ClN3O2. The Hall–Kier alpha value is -2.79. The zero-order valence-electron chi connectivity index (χ0n) is 13.9.